The van der Waals surface area contributed by atoms with Crippen molar-refractivity contribution in [2.45, 2.75) is 0 Å². The minimum absolute atomic E-state index is 0.1000. The quantitative estimate of drug-likeness (QED) is 0.221. The highest BCUT2D eigenvalue weighted by molar-refractivity contribution is 6.04. The number of aromatic nitrogens is 2. The molecule has 3 aromatic carbocycles. The molecule has 12 heteroatoms. The summed E-state index contributed by atoms with van der Waals surface area (Å²) in [5.41, 5.74) is 0.165. The van der Waals surface area contributed by atoms with Gasteiger partial charge >= 0.3 is 0 Å². The number of nitrogens with one attached hydrogen (secondary N) is 1. The highest BCUT2D eigenvalue weighted by Gasteiger charge is 2.25. The average molecular weight is 602 g/mol. The predicted octanol–water partition coefficient (Wildman–Crippen LogP) is 5.50. The number of anilines is 1. The molecule has 3 heterocycles. The molecule has 5 aromatic rings. The van der Waals surface area contributed by atoms with E-state index in [1.807, 2.05) is 0 Å². The van der Waals surface area contributed by atoms with E-state index in [2.05, 4.69) is 10.3 Å². The number of rotatable bonds is 9. The lowest BCUT2D eigenvalue weighted by Crippen LogP contribution is -2.27. The summed E-state index contributed by atoms with van der Waals surface area (Å²) in [6, 6.07) is 15.3. The van der Waals surface area contributed by atoms with Crippen LogP contribution in [0.5, 0.6) is 28.7 Å². The number of fused-ring (bicyclic) bond motifs is 3. The summed E-state index contributed by atoms with van der Waals surface area (Å²) in [6.45, 7) is 1.27. The number of hydrogen-bond donors (Lipinski definition) is 1. The lowest BCUT2D eigenvalue weighted by Gasteiger charge is -2.23. The second-order valence-electron chi connectivity index (χ2n) is 9.55. The first-order valence-electron chi connectivity index (χ1n) is 13.5. The maximum absolute atomic E-state index is 15.3. The van der Waals surface area contributed by atoms with Crippen molar-refractivity contribution in [2.24, 2.45) is 0 Å². The molecule has 0 fully saturated rings. The van der Waals surface area contributed by atoms with Gasteiger partial charge in [0.25, 0.3) is 11.5 Å². The molecule has 0 aliphatic carbocycles. The van der Waals surface area contributed by atoms with Crippen LogP contribution in [0.2, 0.25) is 0 Å². The predicted molar refractivity (Wildman–Crippen MR) is 157 cm³/mol. The van der Waals surface area contributed by atoms with Crippen LogP contribution in [-0.2, 0) is 4.74 Å². The van der Waals surface area contributed by atoms with Gasteiger partial charge in [0.15, 0.2) is 23.1 Å². The molecule has 0 saturated heterocycles. The van der Waals surface area contributed by atoms with Gasteiger partial charge in [-0.25, -0.2) is 8.78 Å². The minimum Gasteiger partial charge on any atom is -0.487 e. The number of benzene rings is 3. The van der Waals surface area contributed by atoms with E-state index >= 15 is 4.39 Å². The zero-order valence-corrected chi connectivity index (χ0v) is 23.3. The zero-order valence-electron chi connectivity index (χ0n) is 23.3. The lowest BCUT2D eigenvalue weighted by atomic mass is 10.1. The Kier molecular flexibility index (Phi) is 8.06. The van der Waals surface area contributed by atoms with Crippen LogP contribution in [0.3, 0.4) is 0 Å². The molecule has 0 saturated carbocycles. The summed E-state index contributed by atoms with van der Waals surface area (Å²) in [5, 5.41) is 3.01. The van der Waals surface area contributed by atoms with Crippen molar-refractivity contribution in [3.05, 3.63) is 107 Å². The number of carbonyl (C=O) groups is 1. The number of carbonyl (C=O) groups excluding carboxylic acids is 1. The Hall–Kier alpha value is -5.49. The van der Waals surface area contributed by atoms with E-state index in [1.165, 1.54) is 65.5 Å². The Morgan fingerprint density at radius 3 is 2.52 bits per heavy atom. The average Bonchev–Trinajstić information content (AvgIpc) is 3.03. The van der Waals surface area contributed by atoms with Crippen molar-refractivity contribution in [1.29, 1.82) is 0 Å². The molecule has 44 heavy (non-hydrogen) atoms. The number of amides is 1. The molecule has 0 atom stereocenters. The molecule has 0 bridgehead atoms. The van der Waals surface area contributed by atoms with E-state index in [9.17, 15) is 14.0 Å². The Morgan fingerprint density at radius 2 is 1.75 bits per heavy atom. The fourth-order valence-electron chi connectivity index (χ4n) is 4.65. The van der Waals surface area contributed by atoms with Gasteiger partial charge in [-0.05, 0) is 54.6 Å². The van der Waals surface area contributed by atoms with Crippen LogP contribution in [0.15, 0.2) is 83.9 Å². The van der Waals surface area contributed by atoms with Crippen molar-refractivity contribution in [3.8, 4) is 34.4 Å². The SMILES string of the molecule is COCCOc1cc2nccc(Oc3ccc(NC(=O)c4cccn(-c5ccc(F)cc5)c4=O)cc3F)c2c2c1OCCO2. The van der Waals surface area contributed by atoms with Crippen LogP contribution in [0, 0.1) is 11.6 Å². The molecule has 1 aliphatic heterocycles. The largest absolute Gasteiger partial charge is 0.487 e. The highest BCUT2D eigenvalue weighted by atomic mass is 19.1. The van der Waals surface area contributed by atoms with Crippen LogP contribution in [-0.4, -0.2) is 49.0 Å². The Labute approximate surface area is 249 Å². The first kappa shape index (κ1) is 28.6. The van der Waals surface area contributed by atoms with Crippen LogP contribution < -0.4 is 29.8 Å². The van der Waals surface area contributed by atoms with E-state index < -0.39 is 23.1 Å². The van der Waals surface area contributed by atoms with Crippen molar-refractivity contribution in [3.63, 3.8) is 0 Å². The third-order valence-corrected chi connectivity index (χ3v) is 6.69. The standard InChI is InChI=1S/C32H25F2N3O7/c1-40-13-14-41-27-18-24-28(30-29(27)42-15-16-43-30)26(10-11-35-24)44-25-9-6-20(17-23(25)34)36-31(38)22-3-2-12-37(32(22)39)21-7-4-19(33)5-8-21/h2-12,17-18H,13-16H2,1H3,(H,36,38). The second kappa shape index (κ2) is 12.4. The number of nitrogens with zero attached hydrogens (tertiary/aromatic N) is 2. The molecule has 10 nitrogen and oxygen atoms in total. The van der Waals surface area contributed by atoms with Crippen LogP contribution in [0.1, 0.15) is 10.4 Å². The van der Waals surface area contributed by atoms with E-state index in [0.29, 0.717) is 47.1 Å². The van der Waals surface area contributed by atoms with Crippen molar-refractivity contribution >= 4 is 22.5 Å². The van der Waals surface area contributed by atoms with Gasteiger partial charge in [0, 0.05) is 43.0 Å². The molecule has 2 aromatic heterocycles. The molecule has 0 spiro atoms. The first-order chi connectivity index (χ1) is 21.4. The summed E-state index contributed by atoms with van der Waals surface area (Å²) in [6.07, 6.45) is 2.97. The minimum atomic E-state index is -0.768. The third kappa shape index (κ3) is 5.75. The number of ether oxygens (including phenoxy) is 5. The summed E-state index contributed by atoms with van der Waals surface area (Å²) in [7, 11) is 1.57. The van der Waals surface area contributed by atoms with E-state index in [1.54, 1.807) is 19.2 Å². The van der Waals surface area contributed by atoms with Crippen LogP contribution in [0.4, 0.5) is 14.5 Å². The monoisotopic (exact) mass is 601 g/mol. The van der Waals surface area contributed by atoms with Gasteiger partial charge in [-0.2, -0.15) is 0 Å². The molecule has 224 valence electrons. The molecule has 1 amide bonds. The summed E-state index contributed by atoms with van der Waals surface area (Å²) in [5.74, 6) is -0.647. The second-order valence-corrected chi connectivity index (χ2v) is 9.55. The van der Waals surface area contributed by atoms with Crippen LogP contribution in [0.25, 0.3) is 16.6 Å². The summed E-state index contributed by atoms with van der Waals surface area (Å²) in [4.78, 5) is 30.4. The molecular weight excluding hydrogens is 576 g/mol. The highest BCUT2D eigenvalue weighted by Crippen LogP contribution is 2.48. The number of pyridine rings is 2. The van der Waals surface area contributed by atoms with Crippen molar-refractivity contribution in [1.82, 2.24) is 9.55 Å². The van der Waals surface area contributed by atoms with E-state index in [4.69, 9.17) is 23.7 Å². The number of methoxy groups -OCH3 is 1. The van der Waals surface area contributed by atoms with Gasteiger partial charge in [0.1, 0.15) is 37.0 Å². The molecule has 6 rings (SSSR count). The fraction of sp³-hybridized carbons (Fsp3) is 0.156. The smallest absolute Gasteiger partial charge is 0.267 e. The van der Waals surface area contributed by atoms with Gasteiger partial charge in [-0.1, -0.05) is 0 Å². The maximum atomic E-state index is 15.3. The lowest BCUT2D eigenvalue weighted by molar-refractivity contribution is 0.102. The molecular formula is C32H25F2N3O7. The van der Waals surface area contributed by atoms with Gasteiger partial charge in [-0.15, -0.1) is 0 Å². The summed E-state index contributed by atoms with van der Waals surface area (Å²) < 4.78 is 58.4. The number of hydrogen-bond acceptors (Lipinski definition) is 8. The van der Waals surface area contributed by atoms with Gasteiger partial charge in [-0.3, -0.25) is 19.1 Å². The van der Waals surface area contributed by atoms with Gasteiger partial charge in [0.2, 0.25) is 5.75 Å². The maximum Gasteiger partial charge on any atom is 0.267 e. The van der Waals surface area contributed by atoms with Gasteiger partial charge in [0.05, 0.1) is 17.5 Å². The Morgan fingerprint density at radius 1 is 0.955 bits per heavy atom. The molecule has 0 unspecified atom stereocenters. The zero-order chi connectivity index (χ0) is 30.6. The Bertz CT molecular complexity index is 1910. The Balaban J connectivity index is 1.25. The first-order valence-corrected chi connectivity index (χ1v) is 13.5. The van der Waals surface area contributed by atoms with E-state index in [-0.39, 0.29) is 36.0 Å². The molecule has 1 aliphatic rings. The normalized spacial score (nSPS) is 12.2. The topological polar surface area (TPSA) is 110 Å². The fourth-order valence-corrected chi connectivity index (χ4v) is 4.65. The summed E-state index contributed by atoms with van der Waals surface area (Å²) >= 11 is 0. The van der Waals surface area contributed by atoms with Crippen molar-refractivity contribution in [2.75, 3.05) is 38.9 Å². The van der Waals surface area contributed by atoms with Crippen molar-refractivity contribution < 1.29 is 37.3 Å². The van der Waals surface area contributed by atoms with Crippen LogP contribution >= 0.6 is 0 Å². The molecule has 1 N–H and O–H groups in total. The molecule has 0 radical (unpaired) electrons. The number of halogens is 2. The third-order valence-electron chi connectivity index (χ3n) is 6.69. The van der Waals surface area contributed by atoms with Gasteiger partial charge < -0.3 is 29.0 Å². The van der Waals surface area contributed by atoms with E-state index in [0.717, 1.165) is 6.07 Å².